The third kappa shape index (κ3) is 6.95. The molecule has 0 radical (unpaired) electrons. The molecule has 27 heavy (non-hydrogen) atoms. The summed E-state index contributed by atoms with van der Waals surface area (Å²) in [5, 5.41) is 15.9. The first-order valence-corrected chi connectivity index (χ1v) is 9.78. The molecule has 2 N–H and O–H groups in total. The van der Waals surface area contributed by atoms with Gasteiger partial charge in [0.05, 0.1) is 6.54 Å². The maximum Gasteiger partial charge on any atom is 0.191 e. The zero-order valence-electron chi connectivity index (χ0n) is 15.7. The lowest BCUT2D eigenvalue weighted by Crippen LogP contribution is -2.43. The molecule has 1 aromatic heterocycles. The summed E-state index contributed by atoms with van der Waals surface area (Å²) in [6.45, 7) is 4.29. The van der Waals surface area contributed by atoms with Gasteiger partial charge in [0, 0.05) is 30.6 Å². The highest BCUT2D eigenvalue weighted by atomic mass is 127. The van der Waals surface area contributed by atoms with Gasteiger partial charge in [0.15, 0.2) is 5.96 Å². The largest absolute Gasteiger partial charge is 0.355 e. The molecule has 1 aromatic carbocycles. The van der Waals surface area contributed by atoms with Crippen molar-refractivity contribution >= 4 is 41.5 Å². The molecule has 148 valence electrons. The van der Waals surface area contributed by atoms with Gasteiger partial charge in [-0.2, -0.15) is 0 Å². The molecule has 1 heterocycles. The summed E-state index contributed by atoms with van der Waals surface area (Å²) in [4.78, 5) is 4.76. The Hall–Kier alpha value is -1.35. The molecule has 0 spiro atoms. The van der Waals surface area contributed by atoms with Crippen LogP contribution in [0.4, 0.5) is 0 Å². The molecule has 0 aliphatic heterocycles. The number of nitrogens with zero attached hydrogens (tertiary/aromatic N) is 4. The van der Waals surface area contributed by atoms with E-state index < -0.39 is 0 Å². The molecule has 0 atom stereocenters. The van der Waals surface area contributed by atoms with E-state index in [4.69, 9.17) is 16.6 Å². The van der Waals surface area contributed by atoms with Crippen molar-refractivity contribution in [2.24, 2.45) is 4.99 Å². The molecule has 8 heteroatoms. The lowest BCUT2D eigenvalue weighted by Gasteiger charge is -2.18. The second kappa shape index (κ2) is 11.5. The van der Waals surface area contributed by atoms with Crippen molar-refractivity contribution in [1.82, 2.24) is 25.4 Å². The van der Waals surface area contributed by atoms with Crippen molar-refractivity contribution < 1.29 is 0 Å². The Morgan fingerprint density at radius 2 is 2.15 bits per heavy atom. The number of aliphatic imine (C=N–C) groups is 1. The maximum absolute atomic E-state index is 6.07. The smallest absolute Gasteiger partial charge is 0.191 e. The third-order valence-electron chi connectivity index (χ3n) is 4.66. The topological polar surface area (TPSA) is 67.1 Å². The van der Waals surface area contributed by atoms with E-state index in [1.807, 2.05) is 24.3 Å². The van der Waals surface area contributed by atoms with Crippen LogP contribution in [0.2, 0.25) is 5.02 Å². The average Bonchev–Trinajstić information content (AvgIpc) is 3.31. The molecular weight excluding hydrogens is 475 g/mol. The quantitative estimate of drug-likeness (QED) is 0.343. The number of aryl methyl sites for hydroxylation is 1. The van der Waals surface area contributed by atoms with Gasteiger partial charge in [0.2, 0.25) is 0 Å². The van der Waals surface area contributed by atoms with Crippen molar-refractivity contribution in [3.63, 3.8) is 0 Å². The van der Waals surface area contributed by atoms with Gasteiger partial charge in [-0.05, 0) is 30.5 Å². The Balaban J connectivity index is 0.00000261. The zero-order valence-corrected chi connectivity index (χ0v) is 18.8. The average molecular weight is 503 g/mol. The second-order valence-electron chi connectivity index (χ2n) is 6.64. The number of nitrogens with one attached hydrogen (secondary N) is 2. The minimum atomic E-state index is 0. The molecule has 0 bridgehead atoms. The summed E-state index contributed by atoms with van der Waals surface area (Å²) in [5.41, 5.74) is 1.11. The minimum Gasteiger partial charge on any atom is -0.355 e. The molecule has 6 nitrogen and oxygen atoms in total. The van der Waals surface area contributed by atoms with Crippen LogP contribution in [0.15, 0.2) is 35.6 Å². The molecule has 0 saturated heterocycles. The standard InChI is InChI=1S/C19H27ClN6.HI/c1-2-18-25-23-14-26(18)11-10-21-19(24-17-8-3-4-9-17)22-13-15-6-5-7-16(20)12-15;/h5-7,12,14,17H,2-4,8-11,13H2,1H3,(H2,21,22,24);1H. The van der Waals surface area contributed by atoms with E-state index in [1.165, 1.54) is 25.7 Å². The third-order valence-corrected chi connectivity index (χ3v) is 4.90. The van der Waals surface area contributed by atoms with Crippen LogP contribution >= 0.6 is 35.6 Å². The molecule has 1 aliphatic rings. The monoisotopic (exact) mass is 502 g/mol. The van der Waals surface area contributed by atoms with Crippen molar-refractivity contribution in [2.75, 3.05) is 6.54 Å². The Labute approximate surface area is 183 Å². The number of hydrogen-bond acceptors (Lipinski definition) is 3. The summed E-state index contributed by atoms with van der Waals surface area (Å²) < 4.78 is 2.08. The molecule has 0 unspecified atom stereocenters. The van der Waals surface area contributed by atoms with E-state index in [1.54, 1.807) is 6.33 Å². The summed E-state index contributed by atoms with van der Waals surface area (Å²) in [7, 11) is 0. The fourth-order valence-corrected chi connectivity index (χ4v) is 3.47. The van der Waals surface area contributed by atoms with Crippen LogP contribution in [-0.2, 0) is 19.5 Å². The van der Waals surface area contributed by atoms with E-state index >= 15 is 0 Å². The number of hydrogen-bond donors (Lipinski definition) is 2. The van der Waals surface area contributed by atoms with Crippen LogP contribution in [0.5, 0.6) is 0 Å². The van der Waals surface area contributed by atoms with E-state index in [9.17, 15) is 0 Å². The molecule has 3 rings (SSSR count). The lowest BCUT2D eigenvalue weighted by atomic mass is 10.2. The van der Waals surface area contributed by atoms with Crippen LogP contribution in [0.3, 0.4) is 0 Å². The predicted molar refractivity (Wildman–Crippen MR) is 121 cm³/mol. The van der Waals surface area contributed by atoms with E-state index in [2.05, 4.69) is 32.3 Å². The van der Waals surface area contributed by atoms with Gasteiger partial charge in [0.25, 0.3) is 0 Å². The first-order chi connectivity index (χ1) is 12.7. The van der Waals surface area contributed by atoms with E-state index in [-0.39, 0.29) is 24.0 Å². The Bertz CT molecular complexity index is 726. The van der Waals surface area contributed by atoms with Crippen molar-refractivity contribution in [2.45, 2.75) is 58.2 Å². The van der Waals surface area contributed by atoms with Crippen molar-refractivity contribution in [1.29, 1.82) is 0 Å². The molecule has 1 saturated carbocycles. The van der Waals surface area contributed by atoms with E-state index in [0.29, 0.717) is 12.6 Å². The van der Waals surface area contributed by atoms with E-state index in [0.717, 1.165) is 41.9 Å². The number of halogens is 2. The number of benzene rings is 1. The van der Waals surface area contributed by atoms with Crippen molar-refractivity contribution in [3.05, 3.63) is 47.0 Å². The van der Waals surface area contributed by atoms with Gasteiger partial charge in [-0.1, -0.05) is 43.5 Å². The first kappa shape index (κ1) is 21.9. The van der Waals surface area contributed by atoms with Crippen LogP contribution in [0.1, 0.15) is 44.0 Å². The minimum absolute atomic E-state index is 0. The molecule has 2 aromatic rings. The van der Waals surface area contributed by atoms with Crippen LogP contribution in [-0.4, -0.2) is 33.3 Å². The van der Waals surface area contributed by atoms with Gasteiger partial charge in [-0.15, -0.1) is 34.2 Å². The van der Waals surface area contributed by atoms with Gasteiger partial charge in [0.1, 0.15) is 12.2 Å². The predicted octanol–water partition coefficient (Wildman–Crippen LogP) is 3.79. The summed E-state index contributed by atoms with van der Waals surface area (Å²) in [6, 6.07) is 8.37. The zero-order chi connectivity index (χ0) is 18.2. The highest BCUT2D eigenvalue weighted by molar-refractivity contribution is 14.0. The summed E-state index contributed by atoms with van der Waals surface area (Å²) in [6.07, 6.45) is 7.68. The van der Waals surface area contributed by atoms with Crippen LogP contribution in [0.25, 0.3) is 0 Å². The molecule has 1 aliphatic carbocycles. The Morgan fingerprint density at radius 3 is 2.89 bits per heavy atom. The highest BCUT2D eigenvalue weighted by Gasteiger charge is 2.16. The molecule has 1 fully saturated rings. The lowest BCUT2D eigenvalue weighted by molar-refractivity contribution is 0.593. The SMILES string of the molecule is CCc1nncn1CCNC(=NCc1cccc(Cl)c1)NC1CCCC1.I. The molecular formula is C19H28ClIN6. The van der Waals surface area contributed by atoms with Gasteiger partial charge in [-0.25, -0.2) is 4.99 Å². The Morgan fingerprint density at radius 1 is 1.33 bits per heavy atom. The number of guanidine groups is 1. The fraction of sp³-hybridized carbons (Fsp3) is 0.526. The Kier molecular flexibility index (Phi) is 9.33. The number of aromatic nitrogens is 3. The van der Waals surface area contributed by atoms with Crippen molar-refractivity contribution in [3.8, 4) is 0 Å². The molecule has 0 amide bonds. The highest BCUT2D eigenvalue weighted by Crippen LogP contribution is 2.17. The normalized spacial score (nSPS) is 14.8. The van der Waals surface area contributed by atoms with Gasteiger partial charge >= 0.3 is 0 Å². The van der Waals surface area contributed by atoms with Crippen LogP contribution < -0.4 is 10.6 Å². The fourth-order valence-electron chi connectivity index (χ4n) is 3.26. The van der Waals surface area contributed by atoms with Gasteiger partial charge < -0.3 is 15.2 Å². The second-order valence-corrected chi connectivity index (χ2v) is 7.08. The summed E-state index contributed by atoms with van der Waals surface area (Å²) >= 11 is 6.07. The maximum atomic E-state index is 6.07. The number of rotatable bonds is 7. The first-order valence-electron chi connectivity index (χ1n) is 9.40. The van der Waals surface area contributed by atoms with Gasteiger partial charge in [-0.3, -0.25) is 0 Å². The summed E-state index contributed by atoms with van der Waals surface area (Å²) in [5.74, 6) is 1.87. The van der Waals surface area contributed by atoms with Crippen LogP contribution in [0, 0.1) is 0 Å².